The molecule has 170 valence electrons. The summed E-state index contributed by atoms with van der Waals surface area (Å²) < 4.78 is 23.7. The summed E-state index contributed by atoms with van der Waals surface area (Å²) in [5.74, 6) is 2.62. The molecule has 0 aliphatic heterocycles. The lowest BCUT2D eigenvalue weighted by atomic mass is 10.1. The second kappa shape index (κ2) is 9.65. The molecule has 0 atom stereocenters. The zero-order valence-electron chi connectivity index (χ0n) is 18.6. The Morgan fingerprint density at radius 3 is 1.88 bits per heavy atom. The van der Waals surface area contributed by atoms with Gasteiger partial charge in [-0.05, 0) is 48.5 Å². The fraction of sp³-hybridized carbons (Fsp3) is 0.160. The minimum absolute atomic E-state index is 0.504. The van der Waals surface area contributed by atoms with E-state index >= 15 is 0 Å². The van der Waals surface area contributed by atoms with E-state index in [9.17, 15) is 0 Å². The average Bonchev–Trinajstić information content (AvgIpc) is 3.29. The molecular formula is C25H22Cl2N2O4. The first-order valence-corrected chi connectivity index (χ1v) is 10.7. The number of hydrogen-bond acceptors (Lipinski definition) is 5. The molecule has 1 heterocycles. The number of aromatic nitrogens is 2. The maximum Gasteiger partial charge on any atom is 0.132 e. The molecule has 6 nitrogen and oxygen atoms in total. The number of benzene rings is 3. The van der Waals surface area contributed by atoms with Crippen molar-refractivity contribution >= 4 is 23.2 Å². The van der Waals surface area contributed by atoms with E-state index in [1.807, 2.05) is 42.5 Å². The van der Waals surface area contributed by atoms with E-state index in [2.05, 4.69) is 0 Å². The van der Waals surface area contributed by atoms with Crippen LogP contribution >= 0.6 is 23.2 Å². The van der Waals surface area contributed by atoms with Crippen molar-refractivity contribution in [3.63, 3.8) is 0 Å². The lowest BCUT2D eigenvalue weighted by Crippen LogP contribution is -2.02. The van der Waals surface area contributed by atoms with Crippen molar-refractivity contribution < 1.29 is 18.9 Å². The Hall–Kier alpha value is -3.35. The van der Waals surface area contributed by atoms with E-state index in [1.165, 1.54) is 0 Å². The number of hydrogen-bond donors (Lipinski definition) is 0. The van der Waals surface area contributed by atoms with Crippen LogP contribution in [0.1, 0.15) is 0 Å². The van der Waals surface area contributed by atoms with E-state index in [4.69, 9.17) is 47.2 Å². The highest BCUT2D eigenvalue weighted by Crippen LogP contribution is 2.40. The summed E-state index contributed by atoms with van der Waals surface area (Å²) in [6.45, 7) is 0. The largest absolute Gasteiger partial charge is 0.497 e. The summed E-state index contributed by atoms with van der Waals surface area (Å²) >= 11 is 12.8. The molecule has 0 N–H and O–H groups in total. The van der Waals surface area contributed by atoms with Crippen molar-refractivity contribution in [2.75, 3.05) is 28.4 Å². The minimum Gasteiger partial charge on any atom is -0.497 e. The Bertz CT molecular complexity index is 1300. The van der Waals surface area contributed by atoms with Crippen LogP contribution in [0.2, 0.25) is 10.0 Å². The first-order valence-electron chi connectivity index (χ1n) is 9.99. The summed E-state index contributed by atoms with van der Waals surface area (Å²) in [5.41, 5.74) is 3.67. The monoisotopic (exact) mass is 484 g/mol. The van der Waals surface area contributed by atoms with Crippen LogP contribution in [-0.2, 0) is 0 Å². The molecule has 0 aliphatic rings. The molecule has 33 heavy (non-hydrogen) atoms. The van der Waals surface area contributed by atoms with Crippen molar-refractivity contribution in [3.05, 3.63) is 70.7 Å². The zero-order valence-corrected chi connectivity index (χ0v) is 20.1. The predicted molar refractivity (Wildman–Crippen MR) is 131 cm³/mol. The molecular weight excluding hydrogens is 463 g/mol. The molecule has 8 heteroatoms. The van der Waals surface area contributed by atoms with Crippen LogP contribution in [0.3, 0.4) is 0 Å². The normalized spacial score (nSPS) is 10.7. The first kappa shape index (κ1) is 22.8. The Labute approximate surface area is 202 Å². The second-order valence-corrected chi connectivity index (χ2v) is 7.90. The highest BCUT2D eigenvalue weighted by Gasteiger charge is 2.20. The lowest BCUT2D eigenvalue weighted by Gasteiger charge is -2.13. The van der Waals surface area contributed by atoms with Gasteiger partial charge in [0.2, 0.25) is 0 Å². The fourth-order valence-corrected chi connectivity index (χ4v) is 3.92. The van der Waals surface area contributed by atoms with Gasteiger partial charge in [0.25, 0.3) is 0 Å². The summed E-state index contributed by atoms with van der Waals surface area (Å²) in [6.07, 6.45) is 0. The molecule has 4 rings (SSSR count). The van der Waals surface area contributed by atoms with Gasteiger partial charge in [-0.15, -0.1) is 0 Å². The van der Waals surface area contributed by atoms with Crippen LogP contribution in [0.5, 0.6) is 23.0 Å². The lowest BCUT2D eigenvalue weighted by molar-refractivity contribution is 0.395. The molecule has 0 radical (unpaired) electrons. The van der Waals surface area contributed by atoms with Crippen molar-refractivity contribution in [1.29, 1.82) is 0 Å². The van der Waals surface area contributed by atoms with Crippen molar-refractivity contribution in [2.24, 2.45) is 0 Å². The van der Waals surface area contributed by atoms with E-state index in [1.54, 1.807) is 51.3 Å². The molecule has 0 unspecified atom stereocenters. The highest BCUT2D eigenvalue weighted by molar-refractivity contribution is 6.34. The maximum absolute atomic E-state index is 6.55. The fourth-order valence-electron chi connectivity index (χ4n) is 3.56. The van der Waals surface area contributed by atoms with E-state index in [0.717, 1.165) is 16.8 Å². The maximum atomic E-state index is 6.55. The quantitative estimate of drug-likeness (QED) is 0.297. The van der Waals surface area contributed by atoms with Gasteiger partial charge in [0.05, 0.1) is 50.5 Å². The van der Waals surface area contributed by atoms with Crippen LogP contribution in [0.4, 0.5) is 0 Å². The molecule has 0 saturated heterocycles. The number of rotatable bonds is 7. The third kappa shape index (κ3) is 4.45. The van der Waals surface area contributed by atoms with E-state index in [0.29, 0.717) is 44.4 Å². The predicted octanol–water partition coefficient (Wildman–Crippen LogP) is 6.55. The number of methoxy groups -OCH3 is 4. The zero-order chi connectivity index (χ0) is 23.5. The number of halogens is 2. The molecule has 0 saturated carbocycles. The van der Waals surface area contributed by atoms with Crippen molar-refractivity contribution in [2.45, 2.75) is 0 Å². The molecule has 0 bridgehead atoms. The van der Waals surface area contributed by atoms with Crippen LogP contribution in [0.15, 0.2) is 60.7 Å². The van der Waals surface area contributed by atoms with Gasteiger partial charge in [-0.25, -0.2) is 4.68 Å². The smallest absolute Gasteiger partial charge is 0.132 e. The molecule has 0 amide bonds. The molecule has 0 aliphatic carbocycles. The first-order chi connectivity index (χ1) is 16.0. The van der Waals surface area contributed by atoms with Gasteiger partial charge in [0.1, 0.15) is 23.0 Å². The van der Waals surface area contributed by atoms with Crippen molar-refractivity contribution in [1.82, 2.24) is 9.78 Å². The Morgan fingerprint density at radius 2 is 1.27 bits per heavy atom. The second-order valence-electron chi connectivity index (χ2n) is 7.05. The van der Waals surface area contributed by atoms with Crippen LogP contribution in [0.25, 0.3) is 28.2 Å². The molecule has 1 aromatic heterocycles. The standard InChI is InChI=1S/C25H22Cl2N2O4/c1-30-16-6-8-18(24(12-16)32-3)21-14-22(19-9-7-17(31-2)13-25(19)33-4)29(28-21)23-11-15(26)5-10-20(23)27/h5-14H,1-4H3. The Balaban J connectivity index is 1.99. The van der Waals surface area contributed by atoms with E-state index < -0.39 is 0 Å². The Morgan fingerprint density at radius 1 is 0.667 bits per heavy atom. The summed E-state index contributed by atoms with van der Waals surface area (Å²) in [6, 6.07) is 18.4. The molecule has 3 aromatic carbocycles. The van der Waals surface area contributed by atoms with Crippen LogP contribution in [-0.4, -0.2) is 38.2 Å². The van der Waals surface area contributed by atoms with Gasteiger partial charge in [0.15, 0.2) is 0 Å². The number of nitrogens with zero attached hydrogens (tertiary/aromatic N) is 2. The van der Waals surface area contributed by atoms with E-state index in [-0.39, 0.29) is 0 Å². The highest BCUT2D eigenvalue weighted by atomic mass is 35.5. The summed E-state index contributed by atoms with van der Waals surface area (Å²) in [7, 11) is 6.44. The van der Waals surface area contributed by atoms with Gasteiger partial charge in [0, 0.05) is 28.3 Å². The Kier molecular flexibility index (Phi) is 6.67. The van der Waals surface area contributed by atoms with Gasteiger partial charge < -0.3 is 18.9 Å². The summed E-state index contributed by atoms with van der Waals surface area (Å²) in [5, 5.41) is 5.92. The minimum atomic E-state index is 0.504. The van der Waals surface area contributed by atoms with Gasteiger partial charge in [-0.1, -0.05) is 23.2 Å². The summed E-state index contributed by atoms with van der Waals surface area (Å²) in [4.78, 5) is 0. The SMILES string of the molecule is COc1ccc(-c2cc(-c3ccc(OC)cc3OC)n(-c3cc(Cl)ccc3Cl)n2)c(OC)c1. The average molecular weight is 485 g/mol. The van der Waals surface area contributed by atoms with Gasteiger partial charge >= 0.3 is 0 Å². The topological polar surface area (TPSA) is 54.7 Å². The van der Waals surface area contributed by atoms with Gasteiger partial charge in [-0.2, -0.15) is 5.10 Å². The van der Waals surface area contributed by atoms with Gasteiger partial charge in [-0.3, -0.25) is 0 Å². The van der Waals surface area contributed by atoms with Crippen LogP contribution < -0.4 is 18.9 Å². The number of ether oxygens (including phenoxy) is 4. The third-order valence-corrected chi connectivity index (χ3v) is 5.77. The molecule has 0 spiro atoms. The van der Waals surface area contributed by atoms with Crippen molar-refractivity contribution in [3.8, 4) is 51.2 Å². The third-order valence-electron chi connectivity index (χ3n) is 5.22. The van der Waals surface area contributed by atoms with Crippen LogP contribution in [0, 0.1) is 0 Å². The molecule has 4 aromatic rings. The molecule has 0 fully saturated rings.